The molecule has 27 heavy (non-hydrogen) atoms. The Morgan fingerprint density at radius 3 is 2.56 bits per heavy atom. The van der Waals surface area contributed by atoms with E-state index >= 15 is 0 Å². The molecule has 1 saturated heterocycles. The molecule has 1 aromatic heterocycles. The van der Waals surface area contributed by atoms with Crippen molar-refractivity contribution in [2.24, 2.45) is 28.7 Å². The van der Waals surface area contributed by atoms with Crippen LogP contribution in [0.2, 0.25) is 0 Å². The van der Waals surface area contributed by atoms with Gasteiger partial charge in [-0.3, -0.25) is 14.5 Å². The second-order valence-electron chi connectivity index (χ2n) is 7.31. The van der Waals surface area contributed by atoms with Crippen LogP contribution in [0, 0.1) is 30.6 Å². The molecule has 0 radical (unpaired) electrons. The molecule has 2 bridgehead atoms. The molecule has 2 aliphatic carbocycles. The minimum atomic E-state index is -0.123. The summed E-state index contributed by atoms with van der Waals surface area (Å²) in [6.45, 7) is 6.14. The number of nitrogens with one attached hydrogen (secondary N) is 2. The van der Waals surface area contributed by atoms with Gasteiger partial charge in [-0.2, -0.15) is 0 Å². The van der Waals surface area contributed by atoms with E-state index in [0.29, 0.717) is 25.6 Å². The maximum Gasteiger partial charge on any atom is 0.233 e. The summed E-state index contributed by atoms with van der Waals surface area (Å²) < 4.78 is 0. The Hall–Kier alpha value is -2.22. The van der Waals surface area contributed by atoms with Crippen LogP contribution < -0.4 is 10.6 Å². The predicted octanol–water partition coefficient (Wildman–Crippen LogP) is 1.31. The van der Waals surface area contributed by atoms with Crippen LogP contribution >= 0.6 is 11.3 Å². The van der Waals surface area contributed by atoms with E-state index in [1.54, 1.807) is 11.3 Å². The summed E-state index contributed by atoms with van der Waals surface area (Å²) in [7, 11) is 0. The van der Waals surface area contributed by atoms with Crippen molar-refractivity contribution >= 4 is 29.1 Å². The van der Waals surface area contributed by atoms with Gasteiger partial charge in [0, 0.05) is 30.7 Å². The van der Waals surface area contributed by atoms with Crippen molar-refractivity contribution in [3.05, 3.63) is 28.2 Å². The van der Waals surface area contributed by atoms with Gasteiger partial charge in [0.15, 0.2) is 5.96 Å². The Morgan fingerprint density at radius 2 is 1.96 bits per heavy atom. The Morgan fingerprint density at radius 1 is 1.26 bits per heavy atom. The van der Waals surface area contributed by atoms with Gasteiger partial charge in [-0.1, -0.05) is 12.2 Å². The van der Waals surface area contributed by atoms with Gasteiger partial charge >= 0.3 is 0 Å². The van der Waals surface area contributed by atoms with Crippen LogP contribution in [0.5, 0.6) is 0 Å². The molecule has 1 saturated carbocycles. The van der Waals surface area contributed by atoms with Crippen molar-refractivity contribution in [3.63, 3.8) is 0 Å². The number of allylic oxidation sites excluding steroid dienone is 2. The molecule has 2 fully saturated rings. The van der Waals surface area contributed by atoms with Crippen molar-refractivity contribution in [2.75, 3.05) is 19.6 Å². The first kappa shape index (κ1) is 18.2. The standard InChI is InChI=1S/C19H25N5O2S/c1-3-20-19(23-10-14-22-9-11(2)27-14)21-6-7-24-17(25)15-12-4-5-13(8-12)16(15)18(24)26/h4-5,9,12-13,15-16H,3,6-8,10H2,1-2H3,(H2,20,21,23). The number of nitrogens with zero attached hydrogens (tertiary/aromatic N) is 3. The number of hydrogen-bond acceptors (Lipinski definition) is 5. The Bertz CT molecular complexity index is 772. The number of hydrogen-bond donors (Lipinski definition) is 2. The normalized spacial score (nSPS) is 29.0. The van der Waals surface area contributed by atoms with E-state index in [9.17, 15) is 9.59 Å². The van der Waals surface area contributed by atoms with Gasteiger partial charge < -0.3 is 10.6 Å². The van der Waals surface area contributed by atoms with Crippen molar-refractivity contribution in [2.45, 2.75) is 26.8 Å². The van der Waals surface area contributed by atoms with E-state index < -0.39 is 0 Å². The number of carbonyl (C=O) groups is 2. The lowest BCUT2D eigenvalue weighted by Crippen LogP contribution is -2.43. The highest BCUT2D eigenvalue weighted by molar-refractivity contribution is 7.11. The highest BCUT2D eigenvalue weighted by Gasteiger charge is 2.58. The summed E-state index contributed by atoms with van der Waals surface area (Å²) in [5.74, 6) is 0.953. The highest BCUT2D eigenvalue weighted by atomic mass is 32.1. The Labute approximate surface area is 163 Å². The van der Waals surface area contributed by atoms with Crippen LogP contribution in [0.25, 0.3) is 0 Å². The van der Waals surface area contributed by atoms with E-state index in [4.69, 9.17) is 0 Å². The zero-order valence-electron chi connectivity index (χ0n) is 15.6. The summed E-state index contributed by atoms with van der Waals surface area (Å²) in [5.41, 5.74) is 0. The van der Waals surface area contributed by atoms with Crippen molar-refractivity contribution in [1.82, 2.24) is 20.5 Å². The lowest BCUT2D eigenvalue weighted by molar-refractivity contribution is -0.140. The maximum absolute atomic E-state index is 12.7. The number of aliphatic imine (C=N–C) groups is 1. The third-order valence-corrected chi connectivity index (χ3v) is 6.47. The smallest absolute Gasteiger partial charge is 0.233 e. The first-order valence-electron chi connectivity index (χ1n) is 9.55. The monoisotopic (exact) mass is 387 g/mol. The number of amides is 2. The van der Waals surface area contributed by atoms with E-state index in [-0.39, 0.29) is 35.5 Å². The molecule has 8 heteroatoms. The lowest BCUT2D eigenvalue weighted by atomic mass is 9.85. The number of aromatic nitrogens is 1. The number of thiazole rings is 1. The minimum Gasteiger partial charge on any atom is -0.357 e. The summed E-state index contributed by atoms with van der Waals surface area (Å²) in [4.78, 5) is 36.8. The highest BCUT2D eigenvalue weighted by Crippen LogP contribution is 2.52. The average Bonchev–Trinajstić information content (AvgIpc) is 3.40. The molecule has 7 nitrogen and oxygen atoms in total. The van der Waals surface area contributed by atoms with Gasteiger partial charge in [0.1, 0.15) is 5.01 Å². The fourth-order valence-electron chi connectivity index (χ4n) is 4.43. The molecule has 4 atom stereocenters. The largest absolute Gasteiger partial charge is 0.357 e. The number of aryl methyl sites for hydroxylation is 1. The zero-order chi connectivity index (χ0) is 19.0. The molecule has 1 aliphatic heterocycles. The quantitative estimate of drug-likeness (QED) is 0.333. The molecule has 0 spiro atoms. The van der Waals surface area contributed by atoms with E-state index in [1.807, 2.05) is 20.0 Å². The number of guanidine groups is 1. The molecular formula is C19H25N5O2S. The summed E-state index contributed by atoms with van der Waals surface area (Å²) in [5, 5.41) is 7.38. The van der Waals surface area contributed by atoms with Gasteiger partial charge in [-0.05, 0) is 32.1 Å². The van der Waals surface area contributed by atoms with E-state index in [1.165, 1.54) is 9.78 Å². The van der Waals surface area contributed by atoms with Gasteiger partial charge in [0.05, 0.1) is 18.4 Å². The third-order valence-electron chi connectivity index (χ3n) is 5.58. The fraction of sp³-hybridized carbons (Fsp3) is 0.579. The second-order valence-corrected chi connectivity index (χ2v) is 8.63. The first-order valence-corrected chi connectivity index (χ1v) is 10.4. The van der Waals surface area contributed by atoms with Crippen LogP contribution in [0.3, 0.4) is 0 Å². The Kier molecular flexibility index (Phi) is 4.99. The minimum absolute atomic E-state index is 0.00357. The van der Waals surface area contributed by atoms with Crippen LogP contribution in [0.4, 0.5) is 0 Å². The van der Waals surface area contributed by atoms with Crippen molar-refractivity contribution < 1.29 is 9.59 Å². The average molecular weight is 388 g/mol. The van der Waals surface area contributed by atoms with Crippen LogP contribution in [0.15, 0.2) is 23.3 Å². The topological polar surface area (TPSA) is 86.7 Å². The number of imide groups is 1. The van der Waals surface area contributed by atoms with E-state index in [2.05, 4.69) is 32.8 Å². The van der Waals surface area contributed by atoms with Gasteiger partial charge in [-0.15, -0.1) is 11.3 Å². The summed E-state index contributed by atoms with van der Waals surface area (Å²) >= 11 is 1.63. The molecule has 1 aromatic rings. The second kappa shape index (κ2) is 7.42. The third kappa shape index (κ3) is 3.38. The summed E-state index contributed by atoms with van der Waals surface area (Å²) in [6, 6.07) is 0. The maximum atomic E-state index is 12.7. The molecule has 3 aliphatic rings. The zero-order valence-corrected chi connectivity index (χ0v) is 16.5. The van der Waals surface area contributed by atoms with Crippen LogP contribution in [0.1, 0.15) is 23.2 Å². The molecule has 2 heterocycles. The SMILES string of the molecule is CCNC(=NCc1ncc(C)s1)NCCN1C(=O)C2C3C=CC(C3)C2C1=O. The molecule has 2 N–H and O–H groups in total. The van der Waals surface area contributed by atoms with Crippen LogP contribution in [-0.2, 0) is 16.1 Å². The molecule has 144 valence electrons. The van der Waals surface area contributed by atoms with Gasteiger partial charge in [0.2, 0.25) is 11.8 Å². The molecule has 4 rings (SSSR count). The van der Waals surface area contributed by atoms with Crippen molar-refractivity contribution in [3.8, 4) is 0 Å². The Balaban J connectivity index is 1.32. The van der Waals surface area contributed by atoms with Gasteiger partial charge in [0.25, 0.3) is 0 Å². The molecule has 4 unspecified atom stereocenters. The van der Waals surface area contributed by atoms with E-state index in [0.717, 1.165) is 18.0 Å². The number of likely N-dealkylation sites (tertiary alicyclic amines) is 1. The predicted molar refractivity (Wildman–Crippen MR) is 104 cm³/mol. The van der Waals surface area contributed by atoms with Crippen molar-refractivity contribution in [1.29, 1.82) is 0 Å². The fourth-order valence-corrected chi connectivity index (χ4v) is 5.15. The molecular weight excluding hydrogens is 362 g/mol. The number of rotatable bonds is 6. The number of carbonyl (C=O) groups excluding carboxylic acids is 2. The van der Waals surface area contributed by atoms with Gasteiger partial charge in [-0.25, -0.2) is 9.98 Å². The summed E-state index contributed by atoms with van der Waals surface area (Å²) in [6.07, 6.45) is 7.05. The van der Waals surface area contributed by atoms with Crippen LogP contribution in [-0.4, -0.2) is 47.3 Å². The molecule has 0 aromatic carbocycles. The lowest BCUT2D eigenvalue weighted by Gasteiger charge is -2.18. The molecule has 2 amide bonds. The number of fused-ring (bicyclic) bond motifs is 5. The first-order chi connectivity index (χ1) is 13.1.